The molecule has 0 saturated heterocycles. The Labute approximate surface area is 87.9 Å². The summed E-state index contributed by atoms with van der Waals surface area (Å²) >= 11 is 3.05. The van der Waals surface area contributed by atoms with Crippen LogP contribution in [0, 0.1) is 10.1 Å². The topological polar surface area (TPSA) is 108 Å². The highest BCUT2D eigenvalue weighted by Gasteiger charge is 2.10. The van der Waals surface area contributed by atoms with Crippen molar-refractivity contribution in [3.63, 3.8) is 0 Å². The molecule has 0 amide bonds. The molecule has 0 radical (unpaired) electrons. The molecule has 6 nitrogen and oxygen atoms in total. The van der Waals surface area contributed by atoms with Crippen LogP contribution in [0.3, 0.4) is 0 Å². The first-order valence-corrected chi connectivity index (χ1v) is 4.33. The summed E-state index contributed by atoms with van der Waals surface area (Å²) in [5, 5.41) is 10.4. The van der Waals surface area contributed by atoms with Gasteiger partial charge >= 0.3 is 0 Å². The lowest BCUT2D eigenvalue weighted by Crippen LogP contribution is -2.21. The standard InChI is InChI=1S/C7H7BrN4O2/c8-5-3-4(11-7(9)10)1-2-6(5)12(13)14/h1-3H,(H4,9,10,11). The lowest BCUT2D eigenvalue weighted by molar-refractivity contribution is -0.385. The maximum absolute atomic E-state index is 10.4. The molecule has 0 heterocycles. The number of nitrogens with zero attached hydrogens (tertiary/aromatic N) is 2. The Morgan fingerprint density at radius 1 is 1.50 bits per heavy atom. The van der Waals surface area contributed by atoms with Crippen LogP contribution in [0.5, 0.6) is 0 Å². The van der Waals surface area contributed by atoms with Crippen LogP contribution < -0.4 is 11.5 Å². The van der Waals surface area contributed by atoms with E-state index >= 15 is 0 Å². The molecule has 1 aromatic rings. The van der Waals surface area contributed by atoms with Gasteiger partial charge in [-0.2, -0.15) is 0 Å². The maximum atomic E-state index is 10.4. The first-order valence-electron chi connectivity index (χ1n) is 3.54. The molecule has 0 atom stereocenters. The molecule has 1 rings (SSSR count). The van der Waals surface area contributed by atoms with E-state index in [0.29, 0.717) is 10.2 Å². The van der Waals surface area contributed by atoms with Gasteiger partial charge in [-0.1, -0.05) is 0 Å². The first-order chi connectivity index (χ1) is 6.50. The fourth-order valence-corrected chi connectivity index (χ4v) is 1.37. The smallest absolute Gasteiger partial charge is 0.283 e. The van der Waals surface area contributed by atoms with E-state index in [1.54, 1.807) is 0 Å². The zero-order chi connectivity index (χ0) is 10.7. The summed E-state index contributed by atoms with van der Waals surface area (Å²) in [6.07, 6.45) is 0. The van der Waals surface area contributed by atoms with Crippen molar-refractivity contribution in [2.24, 2.45) is 16.5 Å². The molecule has 4 N–H and O–H groups in total. The molecule has 0 spiro atoms. The number of nitrogens with two attached hydrogens (primary N) is 2. The van der Waals surface area contributed by atoms with Gasteiger partial charge in [0.25, 0.3) is 5.69 Å². The lowest BCUT2D eigenvalue weighted by atomic mass is 10.3. The van der Waals surface area contributed by atoms with Crippen LogP contribution in [0.4, 0.5) is 11.4 Å². The van der Waals surface area contributed by atoms with Crippen LogP contribution in [-0.2, 0) is 0 Å². The lowest BCUT2D eigenvalue weighted by Gasteiger charge is -1.97. The van der Waals surface area contributed by atoms with Gasteiger partial charge in [0, 0.05) is 6.07 Å². The predicted octanol–water partition coefficient (Wildman–Crippen LogP) is 1.26. The van der Waals surface area contributed by atoms with E-state index in [0.717, 1.165) is 0 Å². The SMILES string of the molecule is NC(N)=Nc1ccc([N+](=O)[O-])c(Br)c1. The minimum atomic E-state index is -0.497. The number of guanidine groups is 1. The zero-order valence-electron chi connectivity index (χ0n) is 6.98. The van der Waals surface area contributed by atoms with E-state index in [-0.39, 0.29) is 11.6 Å². The molecule has 0 aliphatic carbocycles. The molecule has 0 fully saturated rings. The number of nitro groups is 1. The monoisotopic (exact) mass is 258 g/mol. The van der Waals surface area contributed by atoms with E-state index < -0.39 is 4.92 Å². The van der Waals surface area contributed by atoms with Crippen molar-refractivity contribution in [3.8, 4) is 0 Å². The van der Waals surface area contributed by atoms with Crippen LogP contribution >= 0.6 is 15.9 Å². The highest BCUT2D eigenvalue weighted by molar-refractivity contribution is 9.10. The van der Waals surface area contributed by atoms with Crippen LogP contribution in [0.25, 0.3) is 0 Å². The quantitative estimate of drug-likeness (QED) is 0.360. The Hall–Kier alpha value is -1.63. The minimum Gasteiger partial charge on any atom is -0.370 e. The van der Waals surface area contributed by atoms with E-state index in [1.807, 2.05) is 0 Å². The van der Waals surface area contributed by atoms with Crippen LogP contribution in [-0.4, -0.2) is 10.9 Å². The zero-order valence-corrected chi connectivity index (χ0v) is 8.56. The average Bonchev–Trinajstić information content (AvgIpc) is 2.01. The second-order valence-corrected chi connectivity index (χ2v) is 3.28. The van der Waals surface area contributed by atoms with Crippen molar-refractivity contribution in [1.29, 1.82) is 0 Å². The molecule has 0 aromatic heterocycles. The molecule has 74 valence electrons. The van der Waals surface area contributed by atoms with Crippen molar-refractivity contribution < 1.29 is 4.92 Å². The maximum Gasteiger partial charge on any atom is 0.283 e. The van der Waals surface area contributed by atoms with E-state index in [1.165, 1.54) is 18.2 Å². The Kier molecular flexibility index (Phi) is 3.03. The van der Waals surface area contributed by atoms with Gasteiger partial charge in [0.05, 0.1) is 15.1 Å². The molecular formula is C7H7BrN4O2. The number of hydrogen-bond acceptors (Lipinski definition) is 3. The summed E-state index contributed by atoms with van der Waals surface area (Å²) in [5.41, 5.74) is 10.7. The average molecular weight is 259 g/mol. The Morgan fingerprint density at radius 2 is 2.14 bits per heavy atom. The summed E-state index contributed by atoms with van der Waals surface area (Å²) in [6.45, 7) is 0. The summed E-state index contributed by atoms with van der Waals surface area (Å²) in [5.74, 6) is -0.0919. The molecule has 0 aliphatic rings. The third-order valence-electron chi connectivity index (χ3n) is 1.39. The Balaban J connectivity index is 3.13. The molecule has 0 aliphatic heterocycles. The number of benzene rings is 1. The summed E-state index contributed by atoms with van der Waals surface area (Å²) in [4.78, 5) is 13.7. The van der Waals surface area contributed by atoms with Gasteiger partial charge < -0.3 is 11.5 Å². The molecule has 0 unspecified atom stereocenters. The van der Waals surface area contributed by atoms with E-state index in [9.17, 15) is 10.1 Å². The van der Waals surface area contributed by atoms with Crippen molar-refractivity contribution in [2.75, 3.05) is 0 Å². The predicted molar refractivity (Wildman–Crippen MR) is 56.3 cm³/mol. The Bertz CT molecular complexity index is 401. The van der Waals surface area contributed by atoms with Gasteiger partial charge in [-0.3, -0.25) is 10.1 Å². The van der Waals surface area contributed by atoms with Gasteiger partial charge in [0.2, 0.25) is 0 Å². The number of aliphatic imine (C=N–C) groups is 1. The second-order valence-electron chi connectivity index (χ2n) is 2.43. The van der Waals surface area contributed by atoms with Crippen LogP contribution in [0.15, 0.2) is 27.7 Å². The van der Waals surface area contributed by atoms with Gasteiger partial charge in [-0.25, -0.2) is 4.99 Å². The highest BCUT2D eigenvalue weighted by Crippen LogP contribution is 2.28. The van der Waals surface area contributed by atoms with Crippen LogP contribution in [0.2, 0.25) is 0 Å². The van der Waals surface area contributed by atoms with Gasteiger partial charge in [-0.15, -0.1) is 0 Å². The highest BCUT2D eigenvalue weighted by atomic mass is 79.9. The second kappa shape index (κ2) is 4.05. The molecule has 14 heavy (non-hydrogen) atoms. The fourth-order valence-electron chi connectivity index (χ4n) is 0.862. The number of nitro benzene ring substituents is 1. The van der Waals surface area contributed by atoms with Crippen molar-refractivity contribution in [1.82, 2.24) is 0 Å². The molecular weight excluding hydrogens is 252 g/mol. The normalized spacial score (nSPS) is 9.50. The third-order valence-corrected chi connectivity index (χ3v) is 2.02. The van der Waals surface area contributed by atoms with Crippen LogP contribution in [0.1, 0.15) is 0 Å². The van der Waals surface area contributed by atoms with Gasteiger partial charge in [0.15, 0.2) is 5.96 Å². The van der Waals surface area contributed by atoms with E-state index in [2.05, 4.69) is 20.9 Å². The van der Waals surface area contributed by atoms with Crippen molar-refractivity contribution >= 4 is 33.3 Å². The number of halogens is 1. The number of hydrogen-bond donors (Lipinski definition) is 2. The van der Waals surface area contributed by atoms with Crippen molar-refractivity contribution in [2.45, 2.75) is 0 Å². The van der Waals surface area contributed by atoms with Gasteiger partial charge in [0.1, 0.15) is 0 Å². The molecule has 7 heteroatoms. The summed E-state index contributed by atoms with van der Waals surface area (Å²) in [6, 6.07) is 4.26. The largest absolute Gasteiger partial charge is 0.370 e. The fraction of sp³-hybridized carbons (Fsp3) is 0. The third kappa shape index (κ3) is 2.43. The summed E-state index contributed by atoms with van der Waals surface area (Å²) in [7, 11) is 0. The van der Waals surface area contributed by atoms with E-state index in [4.69, 9.17) is 11.5 Å². The Morgan fingerprint density at radius 3 is 2.57 bits per heavy atom. The summed E-state index contributed by atoms with van der Waals surface area (Å²) < 4.78 is 0.338. The first kappa shape index (κ1) is 10.5. The molecule has 0 bridgehead atoms. The molecule has 1 aromatic carbocycles. The van der Waals surface area contributed by atoms with Crippen molar-refractivity contribution in [3.05, 3.63) is 32.8 Å². The minimum absolute atomic E-state index is 0.0282. The molecule has 0 saturated carbocycles. The van der Waals surface area contributed by atoms with Gasteiger partial charge in [-0.05, 0) is 28.1 Å². The number of rotatable bonds is 2.